The van der Waals surface area contributed by atoms with Gasteiger partial charge in [-0.3, -0.25) is 4.79 Å². The molecule has 1 aliphatic heterocycles. The van der Waals surface area contributed by atoms with E-state index in [4.69, 9.17) is 5.11 Å². The molecule has 20 heavy (non-hydrogen) atoms. The molecule has 1 heterocycles. The summed E-state index contributed by atoms with van der Waals surface area (Å²) in [6, 6.07) is 6.84. The molecular formula is C14H19NO4S. The lowest BCUT2D eigenvalue weighted by molar-refractivity contribution is -0.138. The molecule has 0 amide bonds. The Bertz CT molecular complexity index is 574. The van der Waals surface area contributed by atoms with E-state index in [0.717, 1.165) is 5.69 Å². The lowest BCUT2D eigenvalue weighted by atomic mass is 9.96. The van der Waals surface area contributed by atoms with Crippen LogP contribution in [0.3, 0.4) is 0 Å². The Kier molecular flexibility index (Phi) is 4.32. The van der Waals surface area contributed by atoms with Crippen molar-refractivity contribution in [1.29, 1.82) is 0 Å². The average molecular weight is 297 g/mol. The number of anilines is 1. The third-order valence-corrected chi connectivity index (χ3v) is 5.39. The van der Waals surface area contributed by atoms with Gasteiger partial charge in [0.05, 0.1) is 17.1 Å². The molecule has 1 fully saturated rings. The third-order valence-electron chi connectivity index (χ3n) is 3.45. The van der Waals surface area contributed by atoms with Gasteiger partial charge in [0, 0.05) is 24.7 Å². The topological polar surface area (TPSA) is 74.7 Å². The first kappa shape index (κ1) is 14.8. The molecular weight excluding hydrogens is 278 g/mol. The van der Waals surface area contributed by atoms with Gasteiger partial charge in [0.2, 0.25) is 0 Å². The second-order valence-corrected chi connectivity index (χ2v) is 7.29. The van der Waals surface area contributed by atoms with Crippen molar-refractivity contribution in [3.05, 3.63) is 24.3 Å². The van der Waals surface area contributed by atoms with E-state index >= 15 is 0 Å². The Balaban J connectivity index is 1.99. The Morgan fingerprint density at radius 1 is 1.30 bits per heavy atom. The van der Waals surface area contributed by atoms with Gasteiger partial charge in [-0.2, -0.15) is 0 Å². The Morgan fingerprint density at radius 2 is 1.90 bits per heavy atom. The zero-order valence-electron chi connectivity index (χ0n) is 11.4. The summed E-state index contributed by atoms with van der Waals surface area (Å²) in [6.07, 6.45) is 0.798. The van der Waals surface area contributed by atoms with Gasteiger partial charge in [-0.1, -0.05) is 6.92 Å². The van der Waals surface area contributed by atoms with Crippen LogP contribution >= 0.6 is 0 Å². The molecule has 6 heteroatoms. The van der Waals surface area contributed by atoms with Gasteiger partial charge >= 0.3 is 5.97 Å². The zero-order valence-corrected chi connectivity index (χ0v) is 12.3. The van der Waals surface area contributed by atoms with Crippen LogP contribution in [-0.2, 0) is 14.6 Å². The molecule has 1 aromatic rings. The molecule has 0 spiro atoms. The second-order valence-electron chi connectivity index (χ2n) is 5.18. The van der Waals surface area contributed by atoms with E-state index in [-0.39, 0.29) is 18.1 Å². The number of carboxylic acids is 1. The number of hydrogen-bond acceptors (Lipinski definition) is 4. The second kappa shape index (κ2) is 5.83. The van der Waals surface area contributed by atoms with Crippen LogP contribution in [-0.4, -0.2) is 38.3 Å². The highest BCUT2D eigenvalue weighted by molar-refractivity contribution is 7.91. The summed E-state index contributed by atoms with van der Waals surface area (Å²) in [5, 5.41) is 8.70. The summed E-state index contributed by atoms with van der Waals surface area (Å²) >= 11 is 0. The zero-order chi connectivity index (χ0) is 14.8. The van der Waals surface area contributed by atoms with Crippen molar-refractivity contribution in [2.45, 2.75) is 24.7 Å². The SMILES string of the molecule is CCCS(=O)(=O)c1ccc(N2CC(CC(=O)O)C2)cc1. The molecule has 5 nitrogen and oxygen atoms in total. The molecule has 1 N–H and O–H groups in total. The van der Waals surface area contributed by atoms with E-state index in [1.165, 1.54) is 0 Å². The van der Waals surface area contributed by atoms with Gasteiger partial charge in [0.25, 0.3) is 0 Å². The standard InChI is InChI=1S/C14H19NO4S/c1-2-7-20(18,19)13-5-3-12(4-6-13)15-9-11(10-15)8-14(16)17/h3-6,11H,2,7-10H2,1H3,(H,16,17). The van der Waals surface area contributed by atoms with Crippen LogP contribution in [0.2, 0.25) is 0 Å². The van der Waals surface area contributed by atoms with Gasteiger partial charge in [-0.05, 0) is 30.7 Å². The predicted molar refractivity (Wildman–Crippen MR) is 76.7 cm³/mol. The number of benzene rings is 1. The smallest absolute Gasteiger partial charge is 0.303 e. The molecule has 0 bridgehead atoms. The molecule has 0 unspecified atom stereocenters. The Hall–Kier alpha value is -1.56. The largest absolute Gasteiger partial charge is 0.481 e. The minimum absolute atomic E-state index is 0.163. The molecule has 1 aliphatic rings. The minimum atomic E-state index is -3.16. The fraction of sp³-hybridized carbons (Fsp3) is 0.500. The third kappa shape index (κ3) is 3.30. The fourth-order valence-electron chi connectivity index (χ4n) is 2.41. The van der Waals surface area contributed by atoms with Crippen molar-refractivity contribution in [2.24, 2.45) is 5.92 Å². The Morgan fingerprint density at radius 3 is 2.40 bits per heavy atom. The average Bonchev–Trinajstić information content (AvgIpc) is 2.33. The summed E-state index contributed by atoms with van der Waals surface area (Å²) in [5.41, 5.74) is 0.946. The lowest BCUT2D eigenvalue weighted by Crippen LogP contribution is -2.47. The van der Waals surface area contributed by atoms with E-state index in [2.05, 4.69) is 4.90 Å². The van der Waals surface area contributed by atoms with Crippen LogP contribution in [0, 0.1) is 5.92 Å². The number of nitrogens with zero attached hydrogens (tertiary/aromatic N) is 1. The summed E-state index contributed by atoms with van der Waals surface area (Å²) < 4.78 is 23.8. The molecule has 110 valence electrons. The van der Waals surface area contributed by atoms with E-state index in [1.807, 2.05) is 6.92 Å². The monoisotopic (exact) mass is 297 g/mol. The van der Waals surface area contributed by atoms with Crippen molar-refractivity contribution in [1.82, 2.24) is 0 Å². The molecule has 1 aromatic carbocycles. The van der Waals surface area contributed by atoms with Gasteiger partial charge in [0.15, 0.2) is 9.84 Å². The van der Waals surface area contributed by atoms with E-state index in [0.29, 0.717) is 24.4 Å². The van der Waals surface area contributed by atoms with Gasteiger partial charge < -0.3 is 10.0 Å². The minimum Gasteiger partial charge on any atom is -0.481 e. The molecule has 2 rings (SSSR count). The van der Waals surface area contributed by atoms with E-state index in [9.17, 15) is 13.2 Å². The lowest BCUT2D eigenvalue weighted by Gasteiger charge is -2.40. The maximum atomic E-state index is 11.9. The van der Waals surface area contributed by atoms with Crippen LogP contribution in [0.15, 0.2) is 29.2 Å². The van der Waals surface area contributed by atoms with E-state index in [1.54, 1.807) is 24.3 Å². The van der Waals surface area contributed by atoms with Crippen molar-refractivity contribution >= 4 is 21.5 Å². The van der Waals surface area contributed by atoms with Crippen molar-refractivity contribution in [3.8, 4) is 0 Å². The molecule has 0 radical (unpaired) electrons. The van der Waals surface area contributed by atoms with Crippen LogP contribution in [0.4, 0.5) is 5.69 Å². The van der Waals surface area contributed by atoms with Crippen molar-refractivity contribution in [2.75, 3.05) is 23.7 Å². The summed E-state index contributed by atoms with van der Waals surface area (Å²) in [7, 11) is -3.16. The predicted octanol–water partition coefficient (Wildman–Crippen LogP) is 1.78. The molecule has 0 aliphatic carbocycles. The van der Waals surface area contributed by atoms with Crippen LogP contribution < -0.4 is 4.90 Å². The van der Waals surface area contributed by atoms with Gasteiger partial charge in [0.1, 0.15) is 0 Å². The maximum Gasteiger partial charge on any atom is 0.303 e. The molecule has 0 atom stereocenters. The van der Waals surface area contributed by atoms with E-state index < -0.39 is 15.8 Å². The van der Waals surface area contributed by atoms with Crippen molar-refractivity contribution in [3.63, 3.8) is 0 Å². The Labute approximate surface area is 119 Å². The summed E-state index contributed by atoms with van der Waals surface area (Å²) in [5.74, 6) is -0.414. The first-order chi connectivity index (χ1) is 9.42. The van der Waals surface area contributed by atoms with Crippen LogP contribution in [0.5, 0.6) is 0 Å². The van der Waals surface area contributed by atoms with Crippen LogP contribution in [0.1, 0.15) is 19.8 Å². The van der Waals surface area contributed by atoms with Gasteiger partial charge in [-0.15, -0.1) is 0 Å². The number of aliphatic carboxylic acids is 1. The normalized spacial score (nSPS) is 15.9. The first-order valence-corrected chi connectivity index (χ1v) is 8.37. The fourth-order valence-corrected chi connectivity index (χ4v) is 3.73. The number of hydrogen-bond donors (Lipinski definition) is 1. The van der Waals surface area contributed by atoms with Gasteiger partial charge in [-0.25, -0.2) is 8.42 Å². The highest BCUT2D eigenvalue weighted by Crippen LogP contribution is 2.27. The summed E-state index contributed by atoms with van der Waals surface area (Å²) in [4.78, 5) is 13.0. The molecule has 1 saturated heterocycles. The van der Waals surface area contributed by atoms with Crippen molar-refractivity contribution < 1.29 is 18.3 Å². The molecule has 0 aromatic heterocycles. The number of sulfone groups is 1. The molecule has 0 saturated carbocycles. The van der Waals surface area contributed by atoms with Crippen LogP contribution in [0.25, 0.3) is 0 Å². The number of rotatable bonds is 6. The first-order valence-electron chi connectivity index (χ1n) is 6.72. The highest BCUT2D eigenvalue weighted by Gasteiger charge is 2.28. The number of carboxylic acid groups (broad SMARTS) is 1. The quantitative estimate of drug-likeness (QED) is 0.866. The maximum absolute atomic E-state index is 11.9. The summed E-state index contributed by atoms with van der Waals surface area (Å²) in [6.45, 7) is 3.27. The highest BCUT2D eigenvalue weighted by atomic mass is 32.2. The number of carbonyl (C=O) groups is 1.